The van der Waals surface area contributed by atoms with Crippen LogP contribution in [0.25, 0.3) is 0 Å². The molecular weight excluding hydrogens is 383 g/mol. The lowest BCUT2D eigenvalue weighted by molar-refractivity contribution is -0.274. The molecule has 150 valence electrons. The van der Waals surface area contributed by atoms with E-state index in [2.05, 4.69) is 10.1 Å². The van der Waals surface area contributed by atoms with E-state index in [0.29, 0.717) is 0 Å². The Morgan fingerprint density at radius 1 is 1.11 bits per heavy atom. The van der Waals surface area contributed by atoms with E-state index in [1.807, 2.05) is 0 Å². The Kier molecular flexibility index (Phi) is 6.34. The fourth-order valence-electron chi connectivity index (χ4n) is 2.11. The molecule has 0 fully saturated rings. The number of hydrogen-bond acceptors (Lipinski definition) is 6. The minimum atomic E-state index is -4.82. The fraction of sp³-hybridized carbons (Fsp3) is 0.222. The average Bonchev–Trinajstić information content (AvgIpc) is 2.62. The number of aromatic hydroxyl groups is 1. The number of nitrogens with one attached hydrogen (secondary N) is 1. The molecule has 2 aromatic carbocycles. The maximum Gasteiger partial charge on any atom is 0.573 e. The van der Waals surface area contributed by atoms with Gasteiger partial charge in [0.2, 0.25) is 0 Å². The number of amides is 1. The summed E-state index contributed by atoms with van der Waals surface area (Å²) in [5.74, 6) is -2.48. The Labute approximate surface area is 157 Å². The van der Waals surface area contributed by atoms with Gasteiger partial charge in [0, 0.05) is 5.69 Å². The van der Waals surface area contributed by atoms with Crippen LogP contribution in [0.4, 0.5) is 18.9 Å². The van der Waals surface area contributed by atoms with Crippen LogP contribution in [0, 0.1) is 0 Å². The summed E-state index contributed by atoms with van der Waals surface area (Å²) in [4.78, 5) is 24.3. The van der Waals surface area contributed by atoms with E-state index >= 15 is 0 Å². The number of carbonyl (C=O) groups is 2. The number of alkyl halides is 3. The summed E-state index contributed by atoms with van der Waals surface area (Å²) in [6.45, 7) is 1.30. The van der Waals surface area contributed by atoms with Crippen LogP contribution in [0.3, 0.4) is 0 Å². The number of anilines is 1. The second kappa shape index (κ2) is 8.51. The second-order valence-electron chi connectivity index (χ2n) is 5.47. The van der Waals surface area contributed by atoms with Crippen molar-refractivity contribution in [3.63, 3.8) is 0 Å². The fourth-order valence-corrected chi connectivity index (χ4v) is 2.11. The number of rotatable bonds is 6. The molecule has 0 aromatic heterocycles. The summed E-state index contributed by atoms with van der Waals surface area (Å²) >= 11 is 0. The number of benzene rings is 2. The van der Waals surface area contributed by atoms with E-state index in [1.54, 1.807) is 0 Å². The summed E-state index contributed by atoms with van der Waals surface area (Å²) in [6, 6.07) is 8.63. The maximum atomic E-state index is 12.1. The molecule has 10 heteroatoms. The van der Waals surface area contributed by atoms with Gasteiger partial charge in [-0.25, -0.2) is 4.79 Å². The summed E-state index contributed by atoms with van der Waals surface area (Å²) in [7, 11) is 1.31. The first-order valence-electron chi connectivity index (χ1n) is 7.84. The summed E-state index contributed by atoms with van der Waals surface area (Å²) in [5, 5.41) is 12.3. The molecule has 0 saturated heterocycles. The van der Waals surface area contributed by atoms with Crippen LogP contribution >= 0.6 is 0 Å². The number of phenols is 1. The first-order valence-corrected chi connectivity index (χ1v) is 7.84. The number of halogens is 3. The van der Waals surface area contributed by atoms with Crippen LogP contribution in [0.1, 0.15) is 17.3 Å². The number of hydrogen-bond donors (Lipinski definition) is 2. The third kappa shape index (κ3) is 5.53. The molecule has 28 heavy (non-hydrogen) atoms. The van der Waals surface area contributed by atoms with Gasteiger partial charge < -0.3 is 24.6 Å². The Morgan fingerprint density at radius 2 is 1.75 bits per heavy atom. The number of ether oxygens (including phenoxy) is 3. The lowest BCUT2D eigenvalue weighted by Gasteiger charge is -2.15. The van der Waals surface area contributed by atoms with Crippen molar-refractivity contribution in [3.8, 4) is 17.2 Å². The van der Waals surface area contributed by atoms with Crippen molar-refractivity contribution in [2.24, 2.45) is 0 Å². The monoisotopic (exact) mass is 399 g/mol. The molecule has 1 amide bonds. The van der Waals surface area contributed by atoms with Gasteiger partial charge in [0.25, 0.3) is 5.91 Å². The Hall–Kier alpha value is -3.43. The maximum absolute atomic E-state index is 12.1. The van der Waals surface area contributed by atoms with Gasteiger partial charge in [-0.2, -0.15) is 0 Å². The van der Waals surface area contributed by atoms with E-state index in [0.717, 1.165) is 12.1 Å². The van der Waals surface area contributed by atoms with Crippen molar-refractivity contribution in [1.29, 1.82) is 0 Å². The van der Waals surface area contributed by atoms with Crippen molar-refractivity contribution in [2.75, 3.05) is 12.4 Å². The van der Waals surface area contributed by atoms with Gasteiger partial charge in [0.1, 0.15) is 11.3 Å². The third-order valence-corrected chi connectivity index (χ3v) is 3.45. The predicted molar refractivity (Wildman–Crippen MR) is 91.3 cm³/mol. The van der Waals surface area contributed by atoms with Gasteiger partial charge in [-0.3, -0.25) is 4.79 Å². The molecule has 0 aliphatic carbocycles. The van der Waals surface area contributed by atoms with E-state index < -0.39 is 35.8 Å². The zero-order chi connectivity index (χ0) is 20.9. The Bertz CT molecular complexity index is 851. The minimum Gasteiger partial charge on any atom is -0.504 e. The largest absolute Gasteiger partial charge is 0.573 e. The molecular formula is C18H16F3NO6. The SMILES string of the molecule is COc1cccc(C(=O)OC(C)C(=O)Nc2ccc(OC(F)(F)F)cc2)c1O. The van der Waals surface area contributed by atoms with Crippen molar-refractivity contribution >= 4 is 17.6 Å². The highest BCUT2D eigenvalue weighted by Gasteiger charge is 2.31. The van der Waals surface area contributed by atoms with Crippen LogP contribution in [-0.2, 0) is 9.53 Å². The van der Waals surface area contributed by atoms with E-state index in [9.17, 15) is 27.9 Å². The summed E-state index contributed by atoms with van der Waals surface area (Å²) in [5.41, 5.74) is -0.0145. The molecule has 2 N–H and O–H groups in total. The molecule has 0 heterocycles. The average molecular weight is 399 g/mol. The molecule has 0 saturated carbocycles. The molecule has 7 nitrogen and oxygen atoms in total. The number of para-hydroxylation sites is 1. The van der Waals surface area contributed by atoms with Crippen LogP contribution in [-0.4, -0.2) is 36.6 Å². The molecule has 1 unspecified atom stereocenters. The van der Waals surface area contributed by atoms with Crippen LogP contribution in [0.5, 0.6) is 17.2 Å². The number of esters is 1. The first kappa shape index (κ1) is 20.9. The van der Waals surface area contributed by atoms with Crippen molar-refractivity contribution in [3.05, 3.63) is 48.0 Å². The van der Waals surface area contributed by atoms with Crippen molar-refractivity contribution in [1.82, 2.24) is 0 Å². The molecule has 0 aliphatic rings. The van der Waals surface area contributed by atoms with Gasteiger partial charge in [0.15, 0.2) is 17.6 Å². The van der Waals surface area contributed by atoms with E-state index in [4.69, 9.17) is 9.47 Å². The molecule has 0 bridgehead atoms. The number of phenolic OH excluding ortho intramolecular Hbond substituents is 1. The zero-order valence-electron chi connectivity index (χ0n) is 14.7. The predicted octanol–water partition coefficient (Wildman–Crippen LogP) is 3.48. The molecule has 0 spiro atoms. The van der Waals surface area contributed by atoms with Crippen LogP contribution in [0.2, 0.25) is 0 Å². The molecule has 0 radical (unpaired) electrons. The van der Waals surface area contributed by atoms with Gasteiger partial charge >= 0.3 is 12.3 Å². The van der Waals surface area contributed by atoms with Gasteiger partial charge in [-0.05, 0) is 43.3 Å². The highest BCUT2D eigenvalue weighted by atomic mass is 19.4. The van der Waals surface area contributed by atoms with Gasteiger partial charge in [-0.1, -0.05) is 6.07 Å². The molecule has 0 aliphatic heterocycles. The van der Waals surface area contributed by atoms with E-state index in [-0.39, 0.29) is 17.0 Å². The summed E-state index contributed by atoms with van der Waals surface area (Å²) < 4.78 is 50.0. The number of carbonyl (C=O) groups excluding carboxylic acids is 2. The van der Waals surface area contributed by atoms with Crippen LogP contribution in [0.15, 0.2) is 42.5 Å². The highest BCUT2D eigenvalue weighted by Crippen LogP contribution is 2.30. The lowest BCUT2D eigenvalue weighted by atomic mass is 10.2. The van der Waals surface area contributed by atoms with Crippen LogP contribution < -0.4 is 14.8 Å². The smallest absolute Gasteiger partial charge is 0.504 e. The molecule has 2 rings (SSSR count). The minimum absolute atomic E-state index is 0.0627. The topological polar surface area (TPSA) is 94.1 Å². The first-order chi connectivity index (χ1) is 13.1. The highest BCUT2D eigenvalue weighted by molar-refractivity contribution is 5.98. The Balaban J connectivity index is 1.98. The van der Waals surface area contributed by atoms with Gasteiger partial charge in [0.05, 0.1) is 7.11 Å². The third-order valence-electron chi connectivity index (χ3n) is 3.45. The van der Waals surface area contributed by atoms with Crippen molar-refractivity contribution < 1.29 is 42.1 Å². The lowest BCUT2D eigenvalue weighted by Crippen LogP contribution is -2.30. The normalized spacial score (nSPS) is 12.0. The Morgan fingerprint density at radius 3 is 2.32 bits per heavy atom. The standard InChI is InChI=1S/C18H16F3NO6/c1-10(27-17(25)13-4-3-5-14(26-2)15(13)23)16(24)22-11-6-8-12(9-7-11)28-18(19,20)21/h3-10,23H,1-2H3,(H,22,24). The van der Waals surface area contributed by atoms with Gasteiger partial charge in [-0.15, -0.1) is 13.2 Å². The quantitative estimate of drug-likeness (QED) is 0.723. The zero-order valence-corrected chi connectivity index (χ0v) is 14.7. The molecule has 1 atom stereocenters. The second-order valence-corrected chi connectivity index (χ2v) is 5.47. The van der Waals surface area contributed by atoms with E-state index in [1.165, 1.54) is 44.4 Å². The summed E-state index contributed by atoms with van der Waals surface area (Å²) in [6.07, 6.45) is -6.07. The number of methoxy groups -OCH3 is 1. The molecule has 2 aromatic rings. The van der Waals surface area contributed by atoms with Crippen molar-refractivity contribution in [2.45, 2.75) is 19.4 Å².